The first kappa shape index (κ1) is 17.0. The summed E-state index contributed by atoms with van der Waals surface area (Å²) in [6.45, 7) is 1.90. The molecule has 1 fully saturated rings. The molecule has 24 heavy (non-hydrogen) atoms. The van der Waals surface area contributed by atoms with Crippen molar-refractivity contribution in [3.05, 3.63) is 40.7 Å². The summed E-state index contributed by atoms with van der Waals surface area (Å²) in [7, 11) is 2.26. The molecule has 1 saturated carbocycles. The maximum absolute atomic E-state index is 11.3. The molecule has 0 spiro atoms. The molecule has 2 aromatic rings. The Balaban J connectivity index is 1.40. The van der Waals surface area contributed by atoms with Crippen LogP contribution in [-0.2, 0) is 0 Å². The molecule has 1 aromatic carbocycles. The van der Waals surface area contributed by atoms with Crippen molar-refractivity contribution in [3.8, 4) is 5.75 Å². The minimum Gasteiger partial charge on any atom is -0.494 e. The van der Waals surface area contributed by atoms with Gasteiger partial charge in [0.15, 0.2) is 0 Å². The molecule has 1 aliphatic carbocycles. The van der Waals surface area contributed by atoms with Crippen LogP contribution < -0.4 is 10.3 Å². The number of H-pyrrole nitrogens is 1. The van der Waals surface area contributed by atoms with Gasteiger partial charge in [-0.2, -0.15) is 0 Å². The Morgan fingerprint density at radius 2 is 1.96 bits per heavy atom. The van der Waals surface area contributed by atoms with Crippen molar-refractivity contribution in [1.29, 1.82) is 0 Å². The topological polar surface area (TPSA) is 45.3 Å². The summed E-state index contributed by atoms with van der Waals surface area (Å²) < 4.78 is 5.86. The lowest BCUT2D eigenvalue weighted by Gasteiger charge is -2.31. The predicted molar refractivity (Wildman–Crippen MR) is 98.8 cm³/mol. The molecule has 1 heterocycles. The Bertz CT molecular complexity index is 704. The van der Waals surface area contributed by atoms with Crippen molar-refractivity contribution >= 4 is 10.9 Å². The van der Waals surface area contributed by atoms with Crippen LogP contribution in [0.5, 0.6) is 5.75 Å². The number of aromatic nitrogens is 1. The molecule has 4 heteroatoms. The number of hydrogen-bond donors (Lipinski definition) is 1. The second-order valence-electron chi connectivity index (χ2n) is 6.90. The minimum absolute atomic E-state index is 0.0711. The Morgan fingerprint density at radius 1 is 1.12 bits per heavy atom. The van der Waals surface area contributed by atoms with Gasteiger partial charge < -0.3 is 14.6 Å². The zero-order valence-corrected chi connectivity index (χ0v) is 14.6. The lowest BCUT2D eigenvalue weighted by atomic mass is 9.94. The second kappa shape index (κ2) is 8.34. The highest BCUT2D eigenvalue weighted by molar-refractivity contribution is 5.79. The SMILES string of the molecule is CN(CCCCOc1ccc2[nH]c(=O)ccc2c1)C1CCCCC1. The first-order valence-electron chi connectivity index (χ1n) is 9.18. The highest BCUT2D eigenvalue weighted by atomic mass is 16.5. The largest absolute Gasteiger partial charge is 0.494 e. The summed E-state index contributed by atoms with van der Waals surface area (Å²) in [5.74, 6) is 0.871. The molecule has 0 bridgehead atoms. The third kappa shape index (κ3) is 4.60. The standard InChI is InChI=1S/C20H28N2O2/c1-22(17-7-3-2-4-8-17)13-5-6-14-24-18-10-11-19-16(15-18)9-12-20(23)21-19/h9-12,15,17H,2-8,13-14H2,1H3,(H,21,23). The Labute approximate surface area is 143 Å². The number of fused-ring (bicyclic) bond motifs is 1. The van der Waals surface area contributed by atoms with Crippen molar-refractivity contribution in [2.24, 2.45) is 0 Å². The van der Waals surface area contributed by atoms with E-state index in [0.717, 1.165) is 42.3 Å². The number of unbranched alkanes of at least 4 members (excludes halogenated alkanes) is 1. The van der Waals surface area contributed by atoms with Crippen molar-refractivity contribution in [1.82, 2.24) is 9.88 Å². The van der Waals surface area contributed by atoms with Gasteiger partial charge in [-0.15, -0.1) is 0 Å². The molecule has 0 atom stereocenters. The highest BCUT2D eigenvalue weighted by Crippen LogP contribution is 2.22. The van der Waals surface area contributed by atoms with Gasteiger partial charge in [-0.3, -0.25) is 4.79 Å². The average Bonchev–Trinajstić information content (AvgIpc) is 2.62. The fraction of sp³-hybridized carbons (Fsp3) is 0.550. The van der Waals surface area contributed by atoms with Gasteiger partial charge in [0.25, 0.3) is 0 Å². The molecule has 0 saturated heterocycles. The summed E-state index contributed by atoms with van der Waals surface area (Å²) in [5.41, 5.74) is 0.780. The van der Waals surface area contributed by atoms with Crippen LogP contribution in [0.25, 0.3) is 10.9 Å². The first-order valence-corrected chi connectivity index (χ1v) is 9.18. The fourth-order valence-electron chi connectivity index (χ4n) is 3.58. The lowest BCUT2D eigenvalue weighted by molar-refractivity contribution is 0.184. The zero-order chi connectivity index (χ0) is 16.8. The quantitative estimate of drug-likeness (QED) is 0.783. The third-order valence-electron chi connectivity index (χ3n) is 5.07. The van der Waals surface area contributed by atoms with E-state index in [2.05, 4.69) is 16.9 Å². The number of benzene rings is 1. The maximum Gasteiger partial charge on any atom is 0.248 e. The van der Waals surface area contributed by atoms with Gasteiger partial charge in [0.1, 0.15) is 5.75 Å². The maximum atomic E-state index is 11.3. The molecule has 1 aliphatic rings. The molecule has 4 nitrogen and oxygen atoms in total. The fourth-order valence-corrected chi connectivity index (χ4v) is 3.58. The lowest BCUT2D eigenvalue weighted by Crippen LogP contribution is -2.34. The molecule has 0 aliphatic heterocycles. The molecular weight excluding hydrogens is 300 g/mol. The predicted octanol–water partition coefficient (Wildman–Crippen LogP) is 3.95. The highest BCUT2D eigenvalue weighted by Gasteiger charge is 2.17. The molecule has 0 radical (unpaired) electrons. The zero-order valence-electron chi connectivity index (χ0n) is 14.6. The molecule has 3 rings (SSSR count). The van der Waals surface area contributed by atoms with E-state index in [-0.39, 0.29) is 5.56 Å². The second-order valence-corrected chi connectivity index (χ2v) is 6.90. The Kier molecular flexibility index (Phi) is 5.91. The smallest absolute Gasteiger partial charge is 0.248 e. The number of hydrogen-bond acceptors (Lipinski definition) is 3. The third-order valence-corrected chi connectivity index (χ3v) is 5.07. The number of nitrogens with zero attached hydrogens (tertiary/aromatic N) is 1. The van der Waals surface area contributed by atoms with Gasteiger partial charge in [-0.05, 0) is 63.5 Å². The molecule has 0 unspecified atom stereocenters. The van der Waals surface area contributed by atoms with Crippen LogP contribution in [0, 0.1) is 0 Å². The average molecular weight is 328 g/mol. The monoisotopic (exact) mass is 328 g/mol. The Morgan fingerprint density at radius 3 is 2.79 bits per heavy atom. The number of ether oxygens (including phenoxy) is 1. The molecule has 1 N–H and O–H groups in total. The van der Waals surface area contributed by atoms with Crippen LogP contribution in [0.15, 0.2) is 35.1 Å². The van der Waals surface area contributed by atoms with Crippen LogP contribution in [0.4, 0.5) is 0 Å². The van der Waals surface area contributed by atoms with Gasteiger partial charge in [-0.1, -0.05) is 19.3 Å². The van der Waals surface area contributed by atoms with Crippen molar-refractivity contribution < 1.29 is 4.74 Å². The minimum atomic E-state index is -0.0711. The first-order chi connectivity index (χ1) is 11.7. The van der Waals surface area contributed by atoms with E-state index in [1.54, 1.807) is 6.07 Å². The van der Waals surface area contributed by atoms with Crippen LogP contribution in [0.2, 0.25) is 0 Å². The van der Waals surface area contributed by atoms with Crippen LogP contribution in [0.1, 0.15) is 44.9 Å². The normalized spacial score (nSPS) is 15.9. The summed E-state index contributed by atoms with van der Waals surface area (Å²) in [4.78, 5) is 16.6. The van der Waals surface area contributed by atoms with Crippen LogP contribution >= 0.6 is 0 Å². The number of pyridine rings is 1. The van der Waals surface area contributed by atoms with Crippen molar-refractivity contribution in [3.63, 3.8) is 0 Å². The number of aromatic amines is 1. The van der Waals surface area contributed by atoms with Crippen molar-refractivity contribution in [2.75, 3.05) is 20.2 Å². The summed E-state index contributed by atoms with van der Waals surface area (Å²) >= 11 is 0. The van der Waals surface area contributed by atoms with Crippen LogP contribution in [0.3, 0.4) is 0 Å². The van der Waals surface area contributed by atoms with E-state index < -0.39 is 0 Å². The van der Waals surface area contributed by atoms with Crippen molar-refractivity contribution in [2.45, 2.75) is 51.0 Å². The van der Waals surface area contributed by atoms with E-state index in [0.29, 0.717) is 0 Å². The van der Waals surface area contributed by atoms with Gasteiger partial charge in [0, 0.05) is 23.0 Å². The summed E-state index contributed by atoms with van der Waals surface area (Å²) in [6.07, 6.45) is 9.18. The molecular formula is C20H28N2O2. The van der Waals surface area contributed by atoms with E-state index in [1.165, 1.54) is 38.5 Å². The van der Waals surface area contributed by atoms with Gasteiger partial charge in [0.05, 0.1) is 6.61 Å². The van der Waals surface area contributed by atoms with Gasteiger partial charge >= 0.3 is 0 Å². The molecule has 130 valence electrons. The van der Waals surface area contributed by atoms with Crippen LogP contribution in [-0.4, -0.2) is 36.1 Å². The molecule has 1 aromatic heterocycles. The van der Waals surface area contributed by atoms with E-state index in [9.17, 15) is 4.79 Å². The Hall–Kier alpha value is -1.81. The summed E-state index contributed by atoms with van der Waals surface area (Å²) in [5, 5.41) is 1.00. The van der Waals surface area contributed by atoms with Gasteiger partial charge in [0.2, 0.25) is 5.56 Å². The number of nitrogens with one attached hydrogen (secondary N) is 1. The van der Waals surface area contributed by atoms with Gasteiger partial charge in [-0.25, -0.2) is 0 Å². The van der Waals surface area contributed by atoms with E-state index >= 15 is 0 Å². The summed E-state index contributed by atoms with van der Waals surface area (Å²) in [6, 6.07) is 9.99. The van der Waals surface area contributed by atoms with E-state index in [1.807, 2.05) is 24.3 Å². The molecule has 0 amide bonds. The van der Waals surface area contributed by atoms with E-state index in [4.69, 9.17) is 4.74 Å². The number of rotatable bonds is 7.